The van der Waals surface area contributed by atoms with Gasteiger partial charge in [-0.15, -0.1) is 0 Å². The van der Waals surface area contributed by atoms with Crippen molar-refractivity contribution >= 4 is 18.6 Å². The number of hydrogen-bond acceptors (Lipinski definition) is 4. The lowest BCUT2D eigenvalue weighted by atomic mass is 10.2. The Kier molecular flexibility index (Phi) is 4.98. The minimum absolute atomic E-state index is 0.0517. The molecular formula is C11H14O4S. The molecule has 5 heteroatoms. The van der Waals surface area contributed by atoms with Crippen LogP contribution in [0.4, 0.5) is 0 Å². The number of aliphatic carboxylic acids is 1. The van der Waals surface area contributed by atoms with Crippen LogP contribution >= 0.6 is 12.6 Å². The lowest BCUT2D eigenvalue weighted by Crippen LogP contribution is -2.27. The van der Waals surface area contributed by atoms with Gasteiger partial charge >= 0.3 is 5.97 Å². The third kappa shape index (κ3) is 4.02. The third-order valence-electron chi connectivity index (χ3n) is 2.00. The zero-order valence-electron chi connectivity index (χ0n) is 8.67. The van der Waals surface area contributed by atoms with E-state index in [0.717, 1.165) is 0 Å². The standard InChI is InChI=1S/C11H14O4S/c12-8-3-1-4-9(7-8)15-10(11(13)14)5-2-6-16/h1,3-4,7,10,12,16H,2,5-6H2,(H,13,14). The average molecular weight is 242 g/mol. The van der Waals surface area contributed by atoms with Crippen molar-refractivity contribution in [3.8, 4) is 11.5 Å². The minimum Gasteiger partial charge on any atom is -0.508 e. The Hall–Kier alpha value is -1.36. The Morgan fingerprint density at radius 2 is 2.25 bits per heavy atom. The first-order valence-corrected chi connectivity index (χ1v) is 5.56. The average Bonchev–Trinajstić information content (AvgIpc) is 2.24. The number of phenolic OH excluding ortho intramolecular Hbond substituents is 1. The molecule has 0 spiro atoms. The number of hydrogen-bond donors (Lipinski definition) is 3. The Balaban J connectivity index is 2.64. The van der Waals surface area contributed by atoms with Crippen LogP contribution in [0.2, 0.25) is 0 Å². The Bertz CT molecular complexity index is 354. The molecule has 16 heavy (non-hydrogen) atoms. The molecule has 0 fully saturated rings. The molecule has 1 aromatic carbocycles. The second kappa shape index (κ2) is 6.27. The van der Waals surface area contributed by atoms with Gasteiger partial charge in [0.2, 0.25) is 0 Å². The van der Waals surface area contributed by atoms with Crippen molar-refractivity contribution in [3.05, 3.63) is 24.3 Å². The van der Waals surface area contributed by atoms with Crippen LogP contribution < -0.4 is 4.74 Å². The second-order valence-corrected chi connectivity index (χ2v) is 3.76. The lowest BCUT2D eigenvalue weighted by Gasteiger charge is -2.14. The maximum atomic E-state index is 10.9. The first kappa shape index (κ1) is 12.7. The number of thiol groups is 1. The summed E-state index contributed by atoms with van der Waals surface area (Å²) in [6.07, 6.45) is 0.168. The van der Waals surface area contributed by atoms with E-state index in [0.29, 0.717) is 24.3 Å². The van der Waals surface area contributed by atoms with Gasteiger partial charge in [0.25, 0.3) is 0 Å². The van der Waals surface area contributed by atoms with Gasteiger partial charge in [0.15, 0.2) is 6.10 Å². The Morgan fingerprint density at radius 1 is 1.50 bits per heavy atom. The zero-order valence-corrected chi connectivity index (χ0v) is 9.56. The van der Waals surface area contributed by atoms with Crippen molar-refractivity contribution in [2.24, 2.45) is 0 Å². The van der Waals surface area contributed by atoms with Gasteiger partial charge in [-0.2, -0.15) is 12.6 Å². The van der Waals surface area contributed by atoms with Gasteiger partial charge < -0.3 is 14.9 Å². The highest BCUT2D eigenvalue weighted by molar-refractivity contribution is 7.80. The summed E-state index contributed by atoms with van der Waals surface area (Å²) in [5.41, 5.74) is 0. The van der Waals surface area contributed by atoms with E-state index >= 15 is 0 Å². The number of carbonyl (C=O) groups is 1. The Morgan fingerprint density at radius 3 is 2.81 bits per heavy atom. The molecule has 1 aromatic rings. The molecule has 1 rings (SSSR count). The van der Waals surface area contributed by atoms with Crippen molar-refractivity contribution in [1.29, 1.82) is 0 Å². The molecular weight excluding hydrogens is 228 g/mol. The molecule has 0 saturated heterocycles. The van der Waals surface area contributed by atoms with E-state index in [2.05, 4.69) is 12.6 Å². The summed E-state index contributed by atoms with van der Waals surface area (Å²) in [4.78, 5) is 10.9. The van der Waals surface area contributed by atoms with Crippen LogP contribution in [-0.2, 0) is 4.79 Å². The molecule has 0 amide bonds. The molecule has 0 heterocycles. The van der Waals surface area contributed by atoms with E-state index in [4.69, 9.17) is 9.84 Å². The van der Waals surface area contributed by atoms with Gasteiger partial charge in [-0.05, 0) is 30.7 Å². The van der Waals surface area contributed by atoms with Crippen LogP contribution in [0, 0.1) is 0 Å². The number of rotatable bonds is 6. The molecule has 0 aliphatic heterocycles. The van der Waals surface area contributed by atoms with Gasteiger partial charge in [0.1, 0.15) is 11.5 Å². The van der Waals surface area contributed by atoms with E-state index in [9.17, 15) is 9.90 Å². The molecule has 0 aliphatic carbocycles. The van der Waals surface area contributed by atoms with Crippen molar-refractivity contribution in [2.75, 3.05) is 5.75 Å². The number of carboxylic acid groups (broad SMARTS) is 1. The largest absolute Gasteiger partial charge is 0.508 e. The van der Waals surface area contributed by atoms with Gasteiger partial charge in [-0.3, -0.25) is 0 Å². The lowest BCUT2D eigenvalue weighted by molar-refractivity contribution is -0.145. The Labute approximate surface area is 99.3 Å². The maximum Gasteiger partial charge on any atom is 0.344 e. The second-order valence-electron chi connectivity index (χ2n) is 3.31. The van der Waals surface area contributed by atoms with Gasteiger partial charge in [0.05, 0.1) is 0 Å². The predicted octanol–water partition coefficient (Wildman–Crippen LogP) is 1.93. The summed E-state index contributed by atoms with van der Waals surface area (Å²) >= 11 is 4.02. The highest BCUT2D eigenvalue weighted by Crippen LogP contribution is 2.20. The number of phenols is 1. The molecule has 2 N–H and O–H groups in total. The summed E-state index contributed by atoms with van der Waals surface area (Å²) in [5, 5.41) is 18.1. The summed E-state index contributed by atoms with van der Waals surface area (Å²) in [6, 6.07) is 6.09. The molecule has 0 bridgehead atoms. The topological polar surface area (TPSA) is 66.8 Å². The van der Waals surface area contributed by atoms with Crippen molar-refractivity contribution in [3.63, 3.8) is 0 Å². The first-order chi connectivity index (χ1) is 7.63. The van der Waals surface area contributed by atoms with E-state index in [1.807, 2.05) is 0 Å². The van der Waals surface area contributed by atoms with Crippen molar-refractivity contribution in [2.45, 2.75) is 18.9 Å². The zero-order chi connectivity index (χ0) is 12.0. The van der Waals surface area contributed by atoms with Crippen LogP contribution in [-0.4, -0.2) is 28.0 Å². The molecule has 88 valence electrons. The maximum absolute atomic E-state index is 10.9. The SMILES string of the molecule is O=C(O)C(CCCS)Oc1cccc(O)c1. The molecule has 1 atom stereocenters. The number of carboxylic acids is 1. The van der Waals surface area contributed by atoms with E-state index in [1.165, 1.54) is 12.1 Å². The highest BCUT2D eigenvalue weighted by Gasteiger charge is 2.18. The number of ether oxygens (including phenoxy) is 1. The summed E-state index contributed by atoms with van der Waals surface area (Å²) < 4.78 is 5.27. The van der Waals surface area contributed by atoms with Crippen LogP contribution in [0.25, 0.3) is 0 Å². The van der Waals surface area contributed by atoms with Crippen LogP contribution in [0.5, 0.6) is 11.5 Å². The molecule has 0 radical (unpaired) electrons. The van der Waals surface area contributed by atoms with Gasteiger partial charge in [-0.25, -0.2) is 4.79 Å². The van der Waals surface area contributed by atoms with Crippen molar-refractivity contribution < 1.29 is 19.7 Å². The van der Waals surface area contributed by atoms with E-state index in [-0.39, 0.29) is 5.75 Å². The fourth-order valence-corrected chi connectivity index (χ4v) is 1.41. The number of aromatic hydroxyl groups is 1. The molecule has 0 aliphatic rings. The molecule has 4 nitrogen and oxygen atoms in total. The fourth-order valence-electron chi connectivity index (χ4n) is 1.23. The predicted molar refractivity (Wildman–Crippen MR) is 63.2 cm³/mol. The van der Waals surface area contributed by atoms with Crippen LogP contribution in [0.15, 0.2) is 24.3 Å². The normalized spacial score (nSPS) is 12.1. The summed E-state index contributed by atoms with van der Waals surface area (Å²) in [6.45, 7) is 0. The highest BCUT2D eigenvalue weighted by atomic mass is 32.1. The van der Waals surface area contributed by atoms with Gasteiger partial charge in [0, 0.05) is 6.07 Å². The first-order valence-electron chi connectivity index (χ1n) is 4.93. The van der Waals surface area contributed by atoms with Crippen LogP contribution in [0.1, 0.15) is 12.8 Å². The van der Waals surface area contributed by atoms with Crippen LogP contribution in [0.3, 0.4) is 0 Å². The smallest absolute Gasteiger partial charge is 0.344 e. The van der Waals surface area contributed by atoms with E-state index in [1.54, 1.807) is 12.1 Å². The quantitative estimate of drug-likeness (QED) is 0.667. The van der Waals surface area contributed by atoms with Gasteiger partial charge in [-0.1, -0.05) is 6.07 Å². The van der Waals surface area contributed by atoms with Crippen molar-refractivity contribution in [1.82, 2.24) is 0 Å². The van der Waals surface area contributed by atoms with E-state index < -0.39 is 12.1 Å². The molecule has 0 saturated carbocycles. The molecule has 1 unspecified atom stereocenters. The molecule has 0 aromatic heterocycles. The monoisotopic (exact) mass is 242 g/mol. The number of benzene rings is 1. The third-order valence-corrected chi connectivity index (χ3v) is 2.31. The summed E-state index contributed by atoms with van der Waals surface area (Å²) in [7, 11) is 0. The fraction of sp³-hybridized carbons (Fsp3) is 0.364. The summed E-state index contributed by atoms with van der Waals surface area (Å²) in [5.74, 6) is 0.0141. The minimum atomic E-state index is -1.01.